The van der Waals surface area contributed by atoms with E-state index in [1.807, 2.05) is 6.07 Å². The van der Waals surface area contributed by atoms with Crippen LogP contribution in [0.4, 0.5) is 8.78 Å². The van der Waals surface area contributed by atoms with E-state index in [0.29, 0.717) is 12.8 Å². The highest BCUT2D eigenvalue weighted by Gasteiger charge is 2.36. The largest absolute Gasteiger partial charge is 0.491 e. The lowest BCUT2D eigenvalue weighted by Gasteiger charge is -2.40. The maximum atomic E-state index is 13.3. The molecule has 1 aliphatic rings. The van der Waals surface area contributed by atoms with Gasteiger partial charge in [0.1, 0.15) is 30.1 Å². The van der Waals surface area contributed by atoms with Gasteiger partial charge in [0.15, 0.2) is 0 Å². The highest BCUT2D eigenvalue weighted by Crippen LogP contribution is 2.38. The van der Waals surface area contributed by atoms with Crippen molar-refractivity contribution in [3.05, 3.63) is 65.2 Å². The Morgan fingerprint density at radius 3 is 2.34 bits per heavy atom. The topological polar surface area (TPSA) is 74.1 Å². The quantitative estimate of drug-likeness (QED) is 0.418. The number of halogens is 2. The molecule has 1 aliphatic carbocycles. The van der Waals surface area contributed by atoms with Crippen molar-refractivity contribution in [1.29, 1.82) is 0 Å². The Bertz CT molecular complexity index is 926. The summed E-state index contributed by atoms with van der Waals surface area (Å²) in [5.74, 6) is -1.42. The molecule has 2 aromatic carbocycles. The zero-order valence-corrected chi connectivity index (χ0v) is 18.9. The molecule has 5 nitrogen and oxygen atoms in total. The SMILES string of the molecule is CC(C)(C)c1cccc(C2(NCC(O)COc3cc(F)cc(F)c3)CCC(=NO)CC2)c1. The maximum Gasteiger partial charge on any atom is 0.129 e. The van der Waals surface area contributed by atoms with Gasteiger partial charge < -0.3 is 20.4 Å². The molecule has 0 saturated heterocycles. The molecule has 32 heavy (non-hydrogen) atoms. The fourth-order valence-electron chi connectivity index (χ4n) is 4.09. The fraction of sp³-hybridized carbons (Fsp3) is 0.480. The predicted octanol–water partition coefficient (Wildman–Crippen LogP) is 4.89. The highest BCUT2D eigenvalue weighted by molar-refractivity contribution is 5.85. The normalized spacial score (nSPS) is 20.1. The molecular weight excluding hydrogens is 414 g/mol. The van der Waals surface area contributed by atoms with Gasteiger partial charge in [0.05, 0.1) is 5.71 Å². The molecule has 0 aliphatic heterocycles. The summed E-state index contributed by atoms with van der Waals surface area (Å²) >= 11 is 0. The van der Waals surface area contributed by atoms with Gasteiger partial charge in [-0.05, 0) is 42.2 Å². The van der Waals surface area contributed by atoms with Gasteiger partial charge in [-0.15, -0.1) is 0 Å². The second-order valence-electron chi connectivity index (χ2n) is 9.53. The zero-order valence-electron chi connectivity index (χ0n) is 18.9. The molecule has 0 bridgehead atoms. The molecule has 0 amide bonds. The van der Waals surface area contributed by atoms with Crippen LogP contribution in [-0.2, 0) is 11.0 Å². The van der Waals surface area contributed by atoms with Crippen LogP contribution < -0.4 is 10.1 Å². The Hall–Kier alpha value is -2.51. The maximum absolute atomic E-state index is 13.3. The Morgan fingerprint density at radius 1 is 1.09 bits per heavy atom. The van der Waals surface area contributed by atoms with Crippen LogP contribution in [0.15, 0.2) is 47.6 Å². The first-order valence-electron chi connectivity index (χ1n) is 10.9. The van der Waals surface area contributed by atoms with Crippen LogP contribution in [0.25, 0.3) is 0 Å². The number of rotatable bonds is 7. The molecule has 3 rings (SSSR count). The molecule has 0 radical (unpaired) electrons. The van der Waals surface area contributed by atoms with E-state index in [9.17, 15) is 19.1 Å². The number of nitrogens with zero attached hydrogens (tertiary/aromatic N) is 1. The van der Waals surface area contributed by atoms with Crippen LogP contribution in [0.1, 0.15) is 57.6 Å². The van der Waals surface area contributed by atoms with E-state index < -0.39 is 17.7 Å². The molecule has 2 aromatic rings. The molecule has 1 atom stereocenters. The second kappa shape index (κ2) is 9.96. The van der Waals surface area contributed by atoms with Crippen LogP contribution in [-0.4, -0.2) is 35.3 Å². The van der Waals surface area contributed by atoms with Gasteiger partial charge in [-0.2, -0.15) is 0 Å². The van der Waals surface area contributed by atoms with Crippen LogP contribution in [0.3, 0.4) is 0 Å². The monoisotopic (exact) mass is 446 g/mol. The Morgan fingerprint density at radius 2 is 1.75 bits per heavy atom. The number of benzene rings is 2. The first-order chi connectivity index (χ1) is 15.1. The van der Waals surface area contributed by atoms with E-state index >= 15 is 0 Å². The Kier molecular flexibility index (Phi) is 7.51. The number of hydrogen-bond acceptors (Lipinski definition) is 5. The minimum atomic E-state index is -0.878. The van der Waals surface area contributed by atoms with Crippen molar-refractivity contribution in [2.45, 2.75) is 63.5 Å². The third kappa shape index (κ3) is 6.04. The molecule has 1 fully saturated rings. The molecule has 7 heteroatoms. The molecule has 0 heterocycles. The number of oxime groups is 1. The van der Waals surface area contributed by atoms with Crippen molar-refractivity contribution >= 4 is 5.71 Å². The summed E-state index contributed by atoms with van der Waals surface area (Å²) in [4.78, 5) is 0. The van der Waals surface area contributed by atoms with Crippen molar-refractivity contribution in [2.75, 3.05) is 13.2 Å². The van der Waals surface area contributed by atoms with E-state index in [0.717, 1.165) is 42.3 Å². The summed E-state index contributed by atoms with van der Waals surface area (Å²) in [6, 6.07) is 11.4. The van der Waals surface area contributed by atoms with Gasteiger partial charge in [0, 0.05) is 30.3 Å². The number of ether oxygens (including phenoxy) is 1. The smallest absolute Gasteiger partial charge is 0.129 e. The standard InChI is InChI=1S/C25H32F2N2O3/c1-24(2,3)17-5-4-6-18(11-17)25(9-7-21(29-31)8-10-25)28-15-22(30)16-32-23-13-19(26)12-20(27)14-23/h4-6,11-14,22,28,30-31H,7-10,15-16H2,1-3H3. The van der Waals surface area contributed by atoms with Crippen LogP contribution in [0, 0.1) is 11.6 Å². The molecule has 3 N–H and O–H groups in total. The minimum Gasteiger partial charge on any atom is -0.491 e. The molecule has 174 valence electrons. The number of nitrogens with one attached hydrogen (secondary N) is 1. The van der Waals surface area contributed by atoms with Crippen LogP contribution >= 0.6 is 0 Å². The van der Waals surface area contributed by atoms with Crippen molar-refractivity contribution < 1.29 is 23.8 Å². The molecular formula is C25H32F2N2O3. The fourth-order valence-corrected chi connectivity index (χ4v) is 4.09. The van der Waals surface area contributed by atoms with Gasteiger partial charge in [0.25, 0.3) is 0 Å². The van der Waals surface area contributed by atoms with E-state index in [1.165, 1.54) is 5.56 Å². The molecule has 0 aromatic heterocycles. The van der Waals surface area contributed by atoms with Gasteiger partial charge in [-0.1, -0.05) is 50.2 Å². The third-order valence-corrected chi connectivity index (χ3v) is 6.06. The van der Waals surface area contributed by atoms with Crippen molar-refractivity contribution in [2.24, 2.45) is 5.16 Å². The summed E-state index contributed by atoms with van der Waals surface area (Å²) in [6.45, 7) is 6.64. The summed E-state index contributed by atoms with van der Waals surface area (Å²) in [5, 5.41) is 26.6. The lowest BCUT2D eigenvalue weighted by Crippen LogP contribution is -2.49. The Labute approximate surface area is 188 Å². The van der Waals surface area contributed by atoms with Gasteiger partial charge in [-0.25, -0.2) is 8.78 Å². The summed E-state index contributed by atoms with van der Waals surface area (Å²) in [7, 11) is 0. The number of aliphatic hydroxyl groups excluding tert-OH is 1. The van der Waals surface area contributed by atoms with Crippen LogP contribution in [0.5, 0.6) is 5.75 Å². The van der Waals surface area contributed by atoms with E-state index in [4.69, 9.17) is 4.74 Å². The lowest BCUT2D eigenvalue weighted by atomic mass is 9.74. The highest BCUT2D eigenvalue weighted by atomic mass is 19.1. The van der Waals surface area contributed by atoms with Gasteiger partial charge in [0.2, 0.25) is 0 Å². The van der Waals surface area contributed by atoms with E-state index in [2.05, 4.69) is 49.4 Å². The molecule has 0 spiro atoms. The third-order valence-electron chi connectivity index (χ3n) is 6.06. The van der Waals surface area contributed by atoms with Crippen molar-refractivity contribution in [3.8, 4) is 5.75 Å². The number of aliphatic hydroxyl groups is 1. The Balaban J connectivity index is 1.72. The van der Waals surface area contributed by atoms with Crippen molar-refractivity contribution in [3.63, 3.8) is 0 Å². The van der Waals surface area contributed by atoms with Gasteiger partial charge in [-0.3, -0.25) is 0 Å². The molecule has 1 unspecified atom stereocenters. The minimum absolute atomic E-state index is 0.00281. The molecule has 1 saturated carbocycles. The first-order valence-corrected chi connectivity index (χ1v) is 10.9. The number of hydrogen-bond donors (Lipinski definition) is 3. The second-order valence-corrected chi connectivity index (χ2v) is 9.53. The van der Waals surface area contributed by atoms with E-state index in [-0.39, 0.29) is 29.9 Å². The first kappa shape index (κ1) is 24.1. The summed E-state index contributed by atoms with van der Waals surface area (Å²) in [6.07, 6.45) is 1.87. The van der Waals surface area contributed by atoms with E-state index in [1.54, 1.807) is 0 Å². The van der Waals surface area contributed by atoms with Crippen LogP contribution in [0.2, 0.25) is 0 Å². The zero-order chi connectivity index (χ0) is 23.4. The summed E-state index contributed by atoms with van der Waals surface area (Å²) in [5.41, 5.74) is 2.72. The summed E-state index contributed by atoms with van der Waals surface area (Å²) < 4.78 is 32.1. The average Bonchev–Trinajstić information content (AvgIpc) is 2.75. The average molecular weight is 447 g/mol. The lowest BCUT2D eigenvalue weighted by molar-refractivity contribution is 0.0925. The van der Waals surface area contributed by atoms with Crippen molar-refractivity contribution in [1.82, 2.24) is 5.32 Å². The van der Waals surface area contributed by atoms with Gasteiger partial charge >= 0.3 is 0 Å². The predicted molar refractivity (Wildman–Crippen MR) is 120 cm³/mol.